The van der Waals surface area contributed by atoms with Crippen LogP contribution in [0.2, 0.25) is 0 Å². The van der Waals surface area contributed by atoms with Gasteiger partial charge in [-0.1, -0.05) is 6.07 Å². The molecule has 0 unspecified atom stereocenters. The number of nitrogens with zero attached hydrogens (tertiary/aromatic N) is 1. The lowest BCUT2D eigenvalue weighted by molar-refractivity contribution is 0.0977. The highest BCUT2D eigenvalue weighted by molar-refractivity contribution is 7.80. The van der Waals surface area contributed by atoms with Crippen LogP contribution in [-0.2, 0) is 0 Å². The van der Waals surface area contributed by atoms with Crippen LogP contribution in [0.25, 0.3) is 0 Å². The van der Waals surface area contributed by atoms with E-state index in [1.54, 1.807) is 0 Å². The van der Waals surface area contributed by atoms with Crippen LogP contribution in [0.5, 0.6) is 0 Å². The van der Waals surface area contributed by atoms with Gasteiger partial charge in [0.25, 0.3) is 5.91 Å². The molecule has 0 aliphatic heterocycles. The first-order valence-electron chi connectivity index (χ1n) is 8.90. The first-order chi connectivity index (χ1) is 12.3. The maximum absolute atomic E-state index is 12.4. The van der Waals surface area contributed by atoms with Crippen molar-refractivity contribution < 1.29 is 4.79 Å². The highest BCUT2D eigenvalue weighted by Crippen LogP contribution is 2.22. The van der Waals surface area contributed by atoms with Crippen LogP contribution in [0, 0.1) is 20.8 Å². The SMILES string of the molecule is CCN(CC)c1ccc(NC(=S)NC(=O)c2ccc(C)c(C)c2)c(C)c1. The van der Waals surface area contributed by atoms with Gasteiger partial charge in [-0.05, 0) is 93.9 Å². The smallest absolute Gasteiger partial charge is 0.257 e. The Kier molecular flexibility index (Phi) is 6.75. The molecule has 2 rings (SSSR count). The lowest BCUT2D eigenvalue weighted by Gasteiger charge is -2.22. The number of amides is 1. The van der Waals surface area contributed by atoms with E-state index >= 15 is 0 Å². The molecule has 0 saturated heterocycles. The minimum atomic E-state index is -0.206. The number of rotatable bonds is 5. The van der Waals surface area contributed by atoms with Crippen LogP contribution in [0.1, 0.15) is 40.9 Å². The van der Waals surface area contributed by atoms with Crippen molar-refractivity contribution in [3.63, 3.8) is 0 Å². The summed E-state index contributed by atoms with van der Waals surface area (Å²) in [5.41, 5.74) is 6.00. The number of thiocarbonyl (C=S) groups is 1. The molecule has 0 radical (unpaired) electrons. The summed E-state index contributed by atoms with van der Waals surface area (Å²) in [6.45, 7) is 12.3. The summed E-state index contributed by atoms with van der Waals surface area (Å²) in [5.74, 6) is -0.206. The van der Waals surface area contributed by atoms with E-state index in [9.17, 15) is 4.79 Å². The number of aryl methyl sites for hydroxylation is 3. The molecular weight excluding hydrogens is 342 g/mol. The van der Waals surface area contributed by atoms with Gasteiger partial charge in [0.05, 0.1) is 0 Å². The summed E-state index contributed by atoms with van der Waals surface area (Å²) in [6.07, 6.45) is 0. The predicted octanol–water partition coefficient (Wildman–Crippen LogP) is 4.58. The summed E-state index contributed by atoms with van der Waals surface area (Å²) in [7, 11) is 0. The Labute approximate surface area is 161 Å². The Hall–Kier alpha value is -2.40. The van der Waals surface area contributed by atoms with Gasteiger partial charge in [-0.15, -0.1) is 0 Å². The molecule has 0 spiro atoms. The zero-order valence-electron chi connectivity index (χ0n) is 16.1. The quantitative estimate of drug-likeness (QED) is 0.757. The molecule has 0 atom stereocenters. The van der Waals surface area contributed by atoms with Gasteiger partial charge in [0, 0.05) is 30.0 Å². The molecule has 0 aliphatic carbocycles. The Bertz CT molecular complexity index is 813. The Morgan fingerprint density at radius 2 is 1.65 bits per heavy atom. The second-order valence-corrected chi connectivity index (χ2v) is 6.79. The zero-order chi connectivity index (χ0) is 19.3. The molecule has 4 nitrogen and oxygen atoms in total. The summed E-state index contributed by atoms with van der Waals surface area (Å²) in [6, 6.07) is 11.8. The predicted molar refractivity (Wildman–Crippen MR) is 114 cm³/mol. The number of carbonyl (C=O) groups excluding carboxylic acids is 1. The number of carbonyl (C=O) groups is 1. The van der Waals surface area contributed by atoms with Gasteiger partial charge in [0.1, 0.15) is 0 Å². The largest absolute Gasteiger partial charge is 0.372 e. The molecule has 1 amide bonds. The van der Waals surface area contributed by atoms with E-state index in [0.717, 1.165) is 35.5 Å². The molecular formula is C21H27N3OS. The van der Waals surface area contributed by atoms with Gasteiger partial charge >= 0.3 is 0 Å². The third kappa shape index (κ3) is 4.82. The van der Waals surface area contributed by atoms with Crippen LogP contribution in [0.3, 0.4) is 0 Å². The van der Waals surface area contributed by atoms with Gasteiger partial charge in [0.2, 0.25) is 0 Å². The van der Waals surface area contributed by atoms with Crippen LogP contribution in [0.15, 0.2) is 36.4 Å². The highest BCUT2D eigenvalue weighted by atomic mass is 32.1. The standard InChI is InChI=1S/C21H27N3OS/c1-6-24(7-2)18-10-11-19(16(5)13-18)22-21(26)23-20(25)17-9-8-14(3)15(4)12-17/h8-13H,6-7H2,1-5H3,(H2,22,23,25,26). The Balaban J connectivity index is 2.05. The third-order valence-electron chi connectivity index (χ3n) is 4.58. The van der Waals surface area contributed by atoms with Gasteiger partial charge in [-0.2, -0.15) is 0 Å². The number of hydrogen-bond acceptors (Lipinski definition) is 3. The normalized spacial score (nSPS) is 10.3. The number of nitrogens with one attached hydrogen (secondary N) is 2. The molecule has 0 fully saturated rings. The Morgan fingerprint density at radius 3 is 2.23 bits per heavy atom. The van der Waals surface area contributed by atoms with Crippen molar-refractivity contribution in [2.45, 2.75) is 34.6 Å². The van der Waals surface area contributed by atoms with E-state index in [-0.39, 0.29) is 5.91 Å². The monoisotopic (exact) mass is 369 g/mol. The van der Waals surface area contributed by atoms with E-state index in [1.807, 2.05) is 45.0 Å². The lowest BCUT2D eigenvalue weighted by Crippen LogP contribution is -2.34. The van der Waals surface area contributed by atoms with Crippen molar-refractivity contribution >= 4 is 34.6 Å². The van der Waals surface area contributed by atoms with Gasteiger partial charge in [-0.25, -0.2) is 0 Å². The van der Waals surface area contributed by atoms with E-state index < -0.39 is 0 Å². The van der Waals surface area contributed by atoms with Crippen LogP contribution >= 0.6 is 12.2 Å². The molecule has 26 heavy (non-hydrogen) atoms. The molecule has 0 heterocycles. The number of benzene rings is 2. The second kappa shape index (κ2) is 8.81. The minimum Gasteiger partial charge on any atom is -0.372 e. The molecule has 2 N–H and O–H groups in total. The van der Waals surface area contributed by atoms with E-state index in [0.29, 0.717) is 10.7 Å². The molecule has 2 aromatic carbocycles. The fraction of sp³-hybridized carbons (Fsp3) is 0.333. The molecule has 2 aromatic rings. The van der Waals surface area contributed by atoms with Crippen molar-refractivity contribution in [2.24, 2.45) is 0 Å². The van der Waals surface area contributed by atoms with Crippen molar-refractivity contribution in [1.29, 1.82) is 0 Å². The van der Waals surface area contributed by atoms with Crippen LogP contribution in [-0.4, -0.2) is 24.1 Å². The van der Waals surface area contributed by atoms with Crippen molar-refractivity contribution in [1.82, 2.24) is 5.32 Å². The Morgan fingerprint density at radius 1 is 0.962 bits per heavy atom. The fourth-order valence-corrected chi connectivity index (χ4v) is 2.99. The summed E-state index contributed by atoms with van der Waals surface area (Å²) in [4.78, 5) is 14.7. The molecule has 0 aromatic heterocycles. The second-order valence-electron chi connectivity index (χ2n) is 6.38. The molecule has 0 saturated carbocycles. The van der Waals surface area contributed by atoms with Crippen LogP contribution in [0.4, 0.5) is 11.4 Å². The highest BCUT2D eigenvalue weighted by Gasteiger charge is 2.10. The summed E-state index contributed by atoms with van der Waals surface area (Å²) >= 11 is 5.31. The van der Waals surface area contributed by atoms with Crippen molar-refractivity contribution in [3.8, 4) is 0 Å². The zero-order valence-corrected chi connectivity index (χ0v) is 17.0. The maximum atomic E-state index is 12.4. The molecule has 5 heteroatoms. The third-order valence-corrected chi connectivity index (χ3v) is 4.79. The van der Waals surface area contributed by atoms with Crippen molar-refractivity contribution in [2.75, 3.05) is 23.3 Å². The average molecular weight is 370 g/mol. The van der Waals surface area contributed by atoms with Gasteiger partial charge < -0.3 is 10.2 Å². The topological polar surface area (TPSA) is 44.4 Å². The minimum absolute atomic E-state index is 0.206. The molecule has 0 bridgehead atoms. The number of anilines is 2. The van der Waals surface area contributed by atoms with E-state index in [1.165, 1.54) is 5.69 Å². The molecule has 138 valence electrons. The first-order valence-corrected chi connectivity index (χ1v) is 9.31. The van der Waals surface area contributed by atoms with Crippen molar-refractivity contribution in [3.05, 3.63) is 58.7 Å². The van der Waals surface area contributed by atoms with Gasteiger partial charge in [-0.3, -0.25) is 10.1 Å². The average Bonchev–Trinajstić information content (AvgIpc) is 2.60. The fourth-order valence-electron chi connectivity index (χ4n) is 2.79. The summed E-state index contributed by atoms with van der Waals surface area (Å²) in [5, 5.41) is 6.17. The number of hydrogen-bond donors (Lipinski definition) is 2. The summed E-state index contributed by atoms with van der Waals surface area (Å²) < 4.78 is 0. The lowest BCUT2D eigenvalue weighted by atomic mass is 10.1. The molecule has 0 aliphatic rings. The first kappa shape index (κ1) is 19.9. The van der Waals surface area contributed by atoms with Gasteiger partial charge in [0.15, 0.2) is 5.11 Å². The van der Waals surface area contributed by atoms with E-state index in [4.69, 9.17) is 12.2 Å². The van der Waals surface area contributed by atoms with Crippen LogP contribution < -0.4 is 15.5 Å². The van der Waals surface area contributed by atoms with E-state index in [2.05, 4.69) is 41.5 Å². The maximum Gasteiger partial charge on any atom is 0.257 e.